The van der Waals surface area contributed by atoms with E-state index < -0.39 is 71.9 Å². The second-order valence-corrected chi connectivity index (χ2v) is 12.0. The molecule has 2 aromatic carbocycles. The highest BCUT2D eigenvalue weighted by molar-refractivity contribution is 7.14. The molecule has 0 saturated carbocycles. The number of oxime groups is 1. The van der Waals surface area contributed by atoms with Crippen LogP contribution in [0.5, 0.6) is 0 Å². The summed E-state index contributed by atoms with van der Waals surface area (Å²) in [6, 6.07) is 17.6. The quantitative estimate of drug-likeness (QED) is 0.0857. The van der Waals surface area contributed by atoms with Crippen LogP contribution < -0.4 is 10.6 Å². The molecule has 2 aliphatic rings. The summed E-state index contributed by atoms with van der Waals surface area (Å²) in [6.07, 6.45) is -1.60. The van der Waals surface area contributed by atoms with Crippen LogP contribution in [-0.4, -0.2) is 88.9 Å². The number of carbonyl (C=O) groups excluding carboxylic acids is 6. The lowest BCUT2D eigenvalue weighted by atomic mass is 9.98. The third kappa shape index (κ3) is 7.59. The van der Waals surface area contributed by atoms with Crippen molar-refractivity contribution in [3.8, 4) is 0 Å². The molecule has 5 rings (SSSR count). The molecule has 1 aromatic heterocycles. The van der Waals surface area contributed by atoms with E-state index in [1.54, 1.807) is 60.7 Å². The van der Waals surface area contributed by atoms with Crippen LogP contribution in [0.2, 0.25) is 0 Å². The smallest absolute Gasteiger partial charge is 0.376 e. The maximum Gasteiger partial charge on any atom is 0.376 e. The Morgan fingerprint density at radius 1 is 1.08 bits per heavy atom. The van der Waals surface area contributed by atoms with Crippen LogP contribution in [0.25, 0.3) is 0 Å². The number of aromatic nitrogens is 1. The first-order valence-corrected chi connectivity index (χ1v) is 16.3. The minimum Gasteiger partial charge on any atom is -0.463 e. The number of rotatable bonds is 13. The number of thiazole rings is 1. The fraction of sp³-hybridized carbons (Fsp3) is 0.312. The van der Waals surface area contributed by atoms with Gasteiger partial charge in [-0.05, 0) is 11.1 Å². The number of benzene rings is 2. The average Bonchev–Trinajstić information content (AvgIpc) is 3.83. The molecule has 0 bridgehead atoms. The Labute approximate surface area is 293 Å². The lowest BCUT2D eigenvalue weighted by Crippen LogP contribution is -2.64. The Hall–Kier alpha value is -5.39. The summed E-state index contributed by atoms with van der Waals surface area (Å²) >= 11 is 6.50. The highest BCUT2D eigenvalue weighted by Gasteiger charge is 2.64. The van der Waals surface area contributed by atoms with Gasteiger partial charge in [-0.15, -0.1) is 22.9 Å². The zero-order chi connectivity index (χ0) is 35.9. The zero-order valence-electron chi connectivity index (χ0n) is 26.6. The third-order valence-corrected chi connectivity index (χ3v) is 8.45. The molecule has 2 atom stereocenters. The van der Waals surface area contributed by atoms with Crippen molar-refractivity contribution in [1.82, 2.24) is 15.4 Å². The van der Waals surface area contributed by atoms with Gasteiger partial charge in [0.25, 0.3) is 11.8 Å². The van der Waals surface area contributed by atoms with E-state index in [2.05, 4.69) is 20.8 Å². The van der Waals surface area contributed by atoms with Crippen molar-refractivity contribution in [2.75, 3.05) is 31.5 Å². The van der Waals surface area contributed by atoms with E-state index in [-0.39, 0.29) is 29.5 Å². The highest BCUT2D eigenvalue weighted by atomic mass is 35.5. The number of alkyl halides is 1. The SMILES string of the molecule is CON=C(C(=O)NC1(COC(C)=O)CON(C2(C(=O)OC(c3ccccc3)c3ccccc3)CCC(=O)O2)C1=O)c1csc(NC(=O)CCl)n1. The highest BCUT2D eigenvalue weighted by Crippen LogP contribution is 2.39. The van der Waals surface area contributed by atoms with E-state index in [1.165, 1.54) is 5.38 Å². The summed E-state index contributed by atoms with van der Waals surface area (Å²) < 4.78 is 16.7. The van der Waals surface area contributed by atoms with Crippen molar-refractivity contribution in [3.63, 3.8) is 0 Å². The van der Waals surface area contributed by atoms with Gasteiger partial charge >= 0.3 is 23.6 Å². The van der Waals surface area contributed by atoms with Crippen molar-refractivity contribution >= 4 is 69.4 Å². The molecule has 2 unspecified atom stereocenters. The van der Waals surface area contributed by atoms with Crippen LogP contribution in [-0.2, 0) is 52.7 Å². The van der Waals surface area contributed by atoms with Crippen molar-refractivity contribution in [1.29, 1.82) is 0 Å². The number of hydrogen-bond donors (Lipinski definition) is 2. The molecule has 2 N–H and O–H groups in total. The normalized spacial score (nSPS) is 20.3. The van der Waals surface area contributed by atoms with E-state index in [9.17, 15) is 28.8 Å². The summed E-state index contributed by atoms with van der Waals surface area (Å²) in [4.78, 5) is 93.1. The second kappa shape index (κ2) is 15.4. The molecular formula is C32H30ClN5O11S. The van der Waals surface area contributed by atoms with Crippen molar-refractivity contribution < 1.29 is 52.7 Å². The lowest BCUT2D eigenvalue weighted by Gasteiger charge is -2.35. The van der Waals surface area contributed by atoms with Gasteiger partial charge < -0.3 is 29.7 Å². The molecule has 16 nitrogen and oxygen atoms in total. The molecule has 2 saturated heterocycles. The van der Waals surface area contributed by atoms with E-state index in [0.29, 0.717) is 16.2 Å². The lowest BCUT2D eigenvalue weighted by molar-refractivity contribution is -0.260. The van der Waals surface area contributed by atoms with Crippen LogP contribution in [0.4, 0.5) is 5.13 Å². The van der Waals surface area contributed by atoms with Gasteiger partial charge in [0.05, 0.1) is 6.42 Å². The van der Waals surface area contributed by atoms with Crippen LogP contribution >= 0.6 is 22.9 Å². The predicted octanol–water partition coefficient (Wildman–Crippen LogP) is 2.23. The molecular weight excluding hydrogens is 698 g/mol. The molecule has 50 heavy (non-hydrogen) atoms. The number of nitrogens with zero attached hydrogens (tertiary/aromatic N) is 3. The number of nitrogens with one attached hydrogen (secondary N) is 2. The van der Waals surface area contributed by atoms with Gasteiger partial charge in [-0.3, -0.25) is 28.8 Å². The topological polar surface area (TPSA) is 201 Å². The fourth-order valence-corrected chi connectivity index (χ4v) is 5.87. The van der Waals surface area contributed by atoms with E-state index >= 15 is 0 Å². The molecule has 18 heteroatoms. The predicted molar refractivity (Wildman–Crippen MR) is 174 cm³/mol. The fourth-order valence-electron chi connectivity index (χ4n) is 5.09. The molecule has 262 valence electrons. The minimum absolute atomic E-state index is 0.0530. The number of hydrogen-bond acceptors (Lipinski definition) is 14. The van der Waals surface area contributed by atoms with Gasteiger partial charge in [0.15, 0.2) is 22.5 Å². The van der Waals surface area contributed by atoms with Crippen LogP contribution in [0.15, 0.2) is 71.2 Å². The van der Waals surface area contributed by atoms with E-state index in [1.807, 2.05) is 0 Å². The summed E-state index contributed by atoms with van der Waals surface area (Å²) in [5.41, 5.74) is -3.87. The molecule has 3 aromatic rings. The van der Waals surface area contributed by atoms with E-state index in [0.717, 1.165) is 25.4 Å². The van der Waals surface area contributed by atoms with Gasteiger partial charge in [-0.1, -0.05) is 65.8 Å². The molecule has 0 radical (unpaired) electrons. The largest absolute Gasteiger partial charge is 0.463 e. The number of anilines is 1. The van der Waals surface area contributed by atoms with Gasteiger partial charge in [0, 0.05) is 18.7 Å². The average molecular weight is 728 g/mol. The molecule has 3 amide bonds. The summed E-state index contributed by atoms with van der Waals surface area (Å²) in [5.74, 6) is -5.76. The van der Waals surface area contributed by atoms with Crippen LogP contribution in [0.1, 0.15) is 42.7 Å². The van der Waals surface area contributed by atoms with E-state index in [4.69, 9.17) is 35.5 Å². The summed E-state index contributed by atoms with van der Waals surface area (Å²) in [6.45, 7) is -0.345. The number of esters is 3. The first-order chi connectivity index (χ1) is 24.0. The number of carbonyl (C=O) groups is 6. The summed E-state index contributed by atoms with van der Waals surface area (Å²) in [5, 5.41) is 10.7. The number of ether oxygens (including phenoxy) is 3. The first kappa shape index (κ1) is 35.9. The number of halogens is 1. The Bertz CT molecular complexity index is 1770. The number of hydroxylamine groups is 2. The van der Waals surface area contributed by atoms with Gasteiger partial charge in [0.1, 0.15) is 31.9 Å². The van der Waals surface area contributed by atoms with Gasteiger partial charge in [-0.2, -0.15) is 5.06 Å². The number of cyclic esters (lactones) is 1. The maximum atomic E-state index is 14.3. The van der Waals surface area contributed by atoms with Gasteiger partial charge in [-0.25, -0.2) is 9.78 Å². The Morgan fingerprint density at radius 3 is 2.30 bits per heavy atom. The Balaban J connectivity index is 1.46. The zero-order valence-corrected chi connectivity index (χ0v) is 28.2. The third-order valence-electron chi connectivity index (χ3n) is 7.45. The minimum atomic E-state index is -2.41. The first-order valence-electron chi connectivity index (χ1n) is 14.9. The van der Waals surface area contributed by atoms with Crippen LogP contribution in [0, 0.1) is 0 Å². The Kier molecular flexibility index (Phi) is 11.1. The van der Waals surface area contributed by atoms with Gasteiger partial charge in [0.2, 0.25) is 5.91 Å². The van der Waals surface area contributed by atoms with Crippen molar-refractivity contribution in [2.24, 2.45) is 5.16 Å². The monoisotopic (exact) mass is 727 g/mol. The number of amides is 3. The molecule has 0 spiro atoms. The molecule has 3 heterocycles. The van der Waals surface area contributed by atoms with Crippen molar-refractivity contribution in [3.05, 3.63) is 82.9 Å². The van der Waals surface area contributed by atoms with Crippen molar-refractivity contribution in [2.45, 2.75) is 37.1 Å². The Morgan fingerprint density at radius 2 is 1.74 bits per heavy atom. The molecule has 0 aliphatic carbocycles. The molecule has 2 fully saturated rings. The standard InChI is InChI=1S/C32H30ClN5O11S/c1-19(39)46-17-31(36-27(42)25(37-45-2)22-16-50-30(34-22)35-23(40)15-33)18-47-38(28(31)43)32(14-13-24(41)49-32)29(44)48-26(20-9-5-3-6-10-20)21-11-7-4-8-12-21/h3-12,16,26H,13-15,17-18H2,1-2H3,(H,36,42)(H,34,35,40). The molecule has 2 aliphatic heterocycles. The maximum absolute atomic E-state index is 14.3. The second-order valence-electron chi connectivity index (χ2n) is 10.9. The van der Waals surface area contributed by atoms with Crippen LogP contribution in [0.3, 0.4) is 0 Å². The summed E-state index contributed by atoms with van der Waals surface area (Å²) in [7, 11) is 1.16.